The Kier molecular flexibility index (Phi) is 3.98. The second-order valence-electron chi connectivity index (χ2n) is 9.11. The number of rotatable bonds is 2. The van der Waals surface area contributed by atoms with E-state index < -0.39 is 0 Å². The molecule has 2 atom stereocenters. The van der Waals surface area contributed by atoms with E-state index in [1.807, 2.05) is 12.1 Å². The SMILES string of the molecule is Fc1ccc(N2c3ccccc3C3C=C(c4ccc5c(c4)-c4ccccc4C5)C=CC32)cc1. The van der Waals surface area contributed by atoms with E-state index >= 15 is 0 Å². The minimum absolute atomic E-state index is 0.187. The Labute approximate surface area is 193 Å². The predicted molar refractivity (Wildman–Crippen MR) is 133 cm³/mol. The molecule has 33 heavy (non-hydrogen) atoms. The molecule has 2 aliphatic carbocycles. The number of para-hydroxylation sites is 1. The van der Waals surface area contributed by atoms with Crippen LogP contribution in [0.2, 0.25) is 0 Å². The molecule has 4 aromatic carbocycles. The maximum absolute atomic E-state index is 13.6. The summed E-state index contributed by atoms with van der Waals surface area (Å²) in [6, 6.07) is 31.3. The van der Waals surface area contributed by atoms with E-state index in [1.165, 1.54) is 44.6 Å². The third kappa shape index (κ3) is 2.84. The van der Waals surface area contributed by atoms with E-state index in [0.29, 0.717) is 0 Å². The van der Waals surface area contributed by atoms with Gasteiger partial charge in [-0.05, 0) is 81.8 Å². The normalized spacial score (nSPS) is 19.5. The third-order valence-corrected chi connectivity index (χ3v) is 7.29. The summed E-state index contributed by atoms with van der Waals surface area (Å²) in [5.74, 6) is 0.0501. The molecule has 7 rings (SSSR count). The summed E-state index contributed by atoms with van der Waals surface area (Å²) in [4.78, 5) is 2.34. The molecular weight excluding hydrogens is 405 g/mol. The van der Waals surface area contributed by atoms with Crippen LogP contribution in [0.5, 0.6) is 0 Å². The number of halogens is 1. The van der Waals surface area contributed by atoms with E-state index in [-0.39, 0.29) is 17.8 Å². The zero-order valence-electron chi connectivity index (χ0n) is 18.1. The summed E-state index contributed by atoms with van der Waals surface area (Å²) in [6.45, 7) is 0. The zero-order chi connectivity index (χ0) is 21.9. The molecule has 0 fully saturated rings. The first-order chi connectivity index (χ1) is 16.3. The molecule has 2 unspecified atom stereocenters. The molecule has 4 aromatic rings. The molecule has 2 heteroatoms. The summed E-state index contributed by atoms with van der Waals surface area (Å²) in [7, 11) is 0. The quantitative estimate of drug-likeness (QED) is 0.280. The summed E-state index contributed by atoms with van der Waals surface area (Å²) in [6.07, 6.45) is 8.00. The summed E-state index contributed by atoms with van der Waals surface area (Å²) < 4.78 is 13.6. The number of hydrogen-bond donors (Lipinski definition) is 0. The molecule has 0 aromatic heterocycles. The van der Waals surface area contributed by atoms with E-state index in [2.05, 4.69) is 89.9 Å². The lowest BCUT2D eigenvalue weighted by Crippen LogP contribution is -2.28. The highest BCUT2D eigenvalue weighted by Gasteiger charge is 2.38. The monoisotopic (exact) mass is 427 g/mol. The number of hydrogen-bond acceptors (Lipinski definition) is 1. The van der Waals surface area contributed by atoms with Crippen LogP contribution >= 0.6 is 0 Å². The largest absolute Gasteiger partial charge is 0.333 e. The molecule has 0 saturated carbocycles. The van der Waals surface area contributed by atoms with Crippen molar-refractivity contribution in [3.63, 3.8) is 0 Å². The van der Waals surface area contributed by atoms with Crippen LogP contribution in [0.4, 0.5) is 15.8 Å². The first kappa shape index (κ1) is 18.6. The number of fused-ring (bicyclic) bond motifs is 6. The van der Waals surface area contributed by atoms with Crippen molar-refractivity contribution >= 4 is 16.9 Å². The van der Waals surface area contributed by atoms with Crippen LogP contribution in [0.15, 0.2) is 109 Å². The van der Waals surface area contributed by atoms with Crippen LogP contribution < -0.4 is 4.90 Å². The van der Waals surface area contributed by atoms with Gasteiger partial charge in [0.1, 0.15) is 5.82 Å². The van der Waals surface area contributed by atoms with Gasteiger partial charge in [-0.15, -0.1) is 0 Å². The van der Waals surface area contributed by atoms with Crippen LogP contribution in [0.1, 0.15) is 28.2 Å². The standard InChI is InChI=1S/C31H22FN/c32-24-12-14-25(15-13-24)33-30-8-4-3-7-27(30)29-19-21(11-16-31(29)33)20-9-10-23-17-22-5-1-2-6-26(22)28(23)18-20/h1-16,18-19,29,31H,17H2. The minimum Gasteiger partial charge on any atom is -0.333 e. The molecule has 3 aliphatic rings. The molecule has 0 spiro atoms. The Hall–Kier alpha value is -3.91. The zero-order valence-corrected chi connectivity index (χ0v) is 18.1. The van der Waals surface area contributed by atoms with Crippen molar-refractivity contribution in [2.75, 3.05) is 4.90 Å². The van der Waals surface area contributed by atoms with Gasteiger partial charge in [-0.3, -0.25) is 0 Å². The lowest BCUT2D eigenvalue weighted by Gasteiger charge is -2.29. The maximum Gasteiger partial charge on any atom is 0.123 e. The van der Waals surface area contributed by atoms with E-state index in [1.54, 1.807) is 12.1 Å². The van der Waals surface area contributed by atoms with Crippen molar-refractivity contribution in [1.82, 2.24) is 0 Å². The van der Waals surface area contributed by atoms with E-state index in [4.69, 9.17) is 0 Å². The number of anilines is 2. The van der Waals surface area contributed by atoms with Gasteiger partial charge in [-0.1, -0.05) is 72.8 Å². The lowest BCUT2D eigenvalue weighted by atomic mass is 9.85. The highest BCUT2D eigenvalue weighted by Crippen LogP contribution is 2.49. The van der Waals surface area contributed by atoms with Crippen molar-refractivity contribution in [3.05, 3.63) is 137 Å². The maximum atomic E-state index is 13.6. The smallest absolute Gasteiger partial charge is 0.123 e. The highest BCUT2D eigenvalue weighted by molar-refractivity contribution is 5.86. The summed E-state index contributed by atoms with van der Waals surface area (Å²) in [5, 5.41) is 0. The van der Waals surface area contributed by atoms with Crippen LogP contribution in [-0.4, -0.2) is 6.04 Å². The average Bonchev–Trinajstić information content (AvgIpc) is 3.39. The van der Waals surface area contributed by atoms with Gasteiger partial charge in [-0.25, -0.2) is 4.39 Å². The van der Waals surface area contributed by atoms with Crippen molar-refractivity contribution in [2.24, 2.45) is 0 Å². The Morgan fingerprint density at radius 1 is 0.758 bits per heavy atom. The van der Waals surface area contributed by atoms with Crippen LogP contribution in [-0.2, 0) is 6.42 Å². The van der Waals surface area contributed by atoms with Crippen molar-refractivity contribution in [2.45, 2.75) is 18.4 Å². The van der Waals surface area contributed by atoms with Gasteiger partial charge in [0.15, 0.2) is 0 Å². The number of allylic oxidation sites excluding steroid dienone is 2. The first-order valence-electron chi connectivity index (χ1n) is 11.5. The first-order valence-corrected chi connectivity index (χ1v) is 11.5. The highest BCUT2D eigenvalue weighted by atomic mass is 19.1. The van der Waals surface area contributed by atoms with Crippen molar-refractivity contribution in [1.29, 1.82) is 0 Å². The molecule has 158 valence electrons. The molecular formula is C31H22FN. The number of benzene rings is 4. The second-order valence-corrected chi connectivity index (χ2v) is 9.11. The van der Waals surface area contributed by atoms with Gasteiger partial charge in [0, 0.05) is 17.3 Å². The Bertz CT molecular complexity index is 1460. The molecule has 0 amide bonds. The predicted octanol–water partition coefficient (Wildman–Crippen LogP) is 7.65. The molecule has 1 heterocycles. The van der Waals surface area contributed by atoms with Gasteiger partial charge in [0.05, 0.1) is 6.04 Å². The van der Waals surface area contributed by atoms with Crippen molar-refractivity contribution < 1.29 is 4.39 Å². The van der Waals surface area contributed by atoms with Crippen LogP contribution in [0.25, 0.3) is 16.7 Å². The molecule has 1 nitrogen and oxygen atoms in total. The van der Waals surface area contributed by atoms with Crippen LogP contribution in [0, 0.1) is 5.82 Å². The molecule has 0 saturated heterocycles. The fraction of sp³-hybridized carbons (Fsp3) is 0.0968. The third-order valence-electron chi connectivity index (χ3n) is 7.29. The fourth-order valence-electron chi connectivity index (χ4n) is 5.75. The Morgan fingerprint density at radius 2 is 1.55 bits per heavy atom. The molecule has 0 N–H and O–H groups in total. The number of nitrogens with zero attached hydrogens (tertiary/aromatic N) is 1. The van der Waals surface area contributed by atoms with Crippen LogP contribution in [0.3, 0.4) is 0 Å². The molecule has 1 aliphatic heterocycles. The summed E-state index contributed by atoms with van der Waals surface area (Å²) >= 11 is 0. The second kappa shape index (κ2) is 7.05. The van der Waals surface area contributed by atoms with Crippen molar-refractivity contribution in [3.8, 4) is 11.1 Å². The fourth-order valence-corrected chi connectivity index (χ4v) is 5.75. The molecule has 0 bridgehead atoms. The molecule has 0 radical (unpaired) electrons. The topological polar surface area (TPSA) is 3.24 Å². The average molecular weight is 428 g/mol. The summed E-state index contributed by atoms with van der Waals surface area (Å²) in [5.41, 5.74) is 11.6. The Morgan fingerprint density at radius 3 is 2.45 bits per heavy atom. The lowest BCUT2D eigenvalue weighted by molar-refractivity contribution is 0.627. The minimum atomic E-state index is -0.206. The Balaban J connectivity index is 1.30. The van der Waals surface area contributed by atoms with Gasteiger partial charge >= 0.3 is 0 Å². The van der Waals surface area contributed by atoms with E-state index in [0.717, 1.165) is 12.1 Å². The van der Waals surface area contributed by atoms with Gasteiger partial charge in [0.25, 0.3) is 0 Å². The van der Waals surface area contributed by atoms with Gasteiger partial charge < -0.3 is 4.90 Å². The van der Waals surface area contributed by atoms with Gasteiger partial charge in [-0.2, -0.15) is 0 Å². The van der Waals surface area contributed by atoms with E-state index in [9.17, 15) is 4.39 Å². The van der Waals surface area contributed by atoms with Gasteiger partial charge in [0.2, 0.25) is 0 Å².